The molecule has 0 N–H and O–H groups in total. The predicted octanol–water partition coefficient (Wildman–Crippen LogP) is 2.84. The molecule has 13 heavy (non-hydrogen) atoms. The van der Waals surface area contributed by atoms with E-state index in [0.717, 1.165) is 19.5 Å². The minimum absolute atomic E-state index is 0.872. The van der Waals surface area contributed by atoms with E-state index in [-0.39, 0.29) is 0 Å². The van der Waals surface area contributed by atoms with E-state index in [4.69, 9.17) is 0 Å². The monoisotopic (exact) mass is 236 g/mol. The molecule has 1 aliphatic heterocycles. The highest BCUT2D eigenvalue weighted by molar-refractivity contribution is 9.10. The lowest BCUT2D eigenvalue weighted by Gasteiger charge is -2.13. The average Bonchev–Trinajstić information content (AvgIpc) is 2.20. The normalized spacial score (nSPS) is 16.8. The first-order chi connectivity index (χ1) is 6.38. The van der Waals surface area contributed by atoms with Crippen LogP contribution >= 0.6 is 15.9 Å². The average molecular weight is 237 g/mol. The Labute approximate surface area is 87.0 Å². The summed E-state index contributed by atoms with van der Waals surface area (Å²) in [6.45, 7) is 1.84. The van der Waals surface area contributed by atoms with E-state index in [9.17, 15) is 0 Å². The van der Waals surface area contributed by atoms with E-state index >= 15 is 0 Å². The van der Waals surface area contributed by atoms with E-state index in [2.05, 4.69) is 45.5 Å². The van der Waals surface area contributed by atoms with Gasteiger partial charge in [0.2, 0.25) is 0 Å². The first kappa shape index (κ1) is 8.97. The van der Waals surface area contributed by atoms with Crippen molar-refractivity contribution in [1.29, 1.82) is 0 Å². The highest BCUT2D eigenvalue weighted by Gasteiger charge is 2.08. The Hall–Kier alpha value is -0.600. The summed E-state index contributed by atoms with van der Waals surface area (Å²) in [6.07, 6.45) is 3.28. The van der Waals surface area contributed by atoms with Crippen LogP contribution in [0.2, 0.25) is 0 Å². The molecule has 0 spiro atoms. The van der Waals surface area contributed by atoms with Gasteiger partial charge in [0.05, 0.1) is 0 Å². The van der Waals surface area contributed by atoms with Gasteiger partial charge in [-0.3, -0.25) is 0 Å². The van der Waals surface area contributed by atoms with Crippen LogP contribution in [0.25, 0.3) is 5.57 Å². The van der Waals surface area contributed by atoms with Gasteiger partial charge in [0, 0.05) is 17.6 Å². The topological polar surface area (TPSA) is 14.1 Å². The second kappa shape index (κ2) is 4.07. The summed E-state index contributed by atoms with van der Waals surface area (Å²) in [5.41, 5.74) is 2.74. The van der Waals surface area contributed by atoms with Crippen LogP contribution in [0, 0.1) is 0 Å². The molecule has 0 aromatic heterocycles. The molecule has 1 aromatic carbocycles. The number of benzene rings is 1. The third kappa shape index (κ3) is 2.01. The molecule has 67 valence electrons. The van der Waals surface area contributed by atoms with Gasteiger partial charge in [-0.25, -0.2) is 5.32 Å². The molecule has 1 heterocycles. The van der Waals surface area contributed by atoms with Gasteiger partial charge in [0.15, 0.2) is 0 Å². The summed E-state index contributed by atoms with van der Waals surface area (Å²) in [4.78, 5) is 0. The molecule has 1 radical (unpaired) electrons. The van der Waals surface area contributed by atoms with Gasteiger partial charge in [0.25, 0.3) is 0 Å². The van der Waals surface area contributed by atoms with E-state index < -0.39 is 0 Å². The molecule has 0 amide bonds. The van der Waals surface area contributed by atoms with Crippen molar-refractivity contribution in [2.24, 2.45) is 0 Å². The maximum absolute atomic E-state index is 4.29. The van der Waals surface area contributed by atoms with Crippen molar-refractivity contribution in [3.05, 3.63) is 40.4 Å². The summed E-state index contributed by atoms with van der Waals surface area (Å²) >= 11 is 3.56. The van der Waals surface area contributed by atoms with Crippen molar-refractivity contribution < 1.29 is 0 Å². The summed E-state index contributed by atoms with van der Waals surface area (Å²) in [5, 5.41) is 4.29. The summed E-state index contributed by atoms with van der Waals surface area (Å²) in [5.74, 6) is 0. The zero-order chi connectivity index (χ0) is 9.10. The van der Waals surface area contributed by atoms with Crippen molar-refractivity contribution in [3.63, 3.8) is 0 Å². The maximum atomic E-state index is 4.29. The molecular formula is C11H11BrN. The highest BCUT2D eigenvalue weighted by atomic mass is 79.9. The van der Waals surface area contributed by atoms with E-state index in [0.29, 0.717) is 0 Å². The van der Waals surface area contributed by atoms with Crippen molar-refractivity contribution in [3.8, 4) is 0 Å². The van der Waals surface area contributed by atoms with Gasteiger partial charge in [-0.15, -0.1) is 0 Å². The third-order valence-electron chi connectivity index (χ3n) is 2.23. The number of halogens is 1. The highest BCUT2D eigenvalue weighted by Crippen LogP contribution is 2.27. The molecule has 0 aliphatic carbocycles. The van der Waals surface area contributed by atoms with Crippen molar-refractivity contribution in [2.45, 2.75) is 6.42 Å². The fourth-order valence-electron chi connectivity index (χ4n) is 1.53. The van der Waals surface area contributed by atoms with Gasteiger partial charge >= 0.3 is 0 Å². The Morgan fingerprint density at radius 3 is 2.77 bits per heavy atom. The molecule has 0 saturated heterocycles. The molecule has 0 saturated carbocycles. The lowest BCUT2D eigenvalue weighted by atomic mass is 10.0. The molecule has 2 rings (SSSR count). The largest absolute Gasteiger partial charge is 0.237 e. The molecule has 1 aromatic rings. The van der Waals surface area contributed by atoms with Crippen LogP contribution in [-0.4, -0.2) is 13.1 Å². The smallest absolute Gasteiger partial charge is 0.0320 e. The second-order valence-corrected chi connectivity index (χ2v) is 3.94. The van der Waals surface area contributed by atoms with E-state index in [1.54, 1.807) is 0 Å². The molecule has 0 bridgehead atoms. The van der Waals surface area contributed by atoms with Crippen LogP contribution in [0.5, 0.6) is 0 Å². The Kier molecular flexibility index (Phi) is 2.81. The first-order valence-electron chi connectivity index (χ1n) is 4.45. The number of rotatable bonds is 1. The van der Waals surface area contributed by atoms with Gasteiger partial charge in [0.1, 0.15) is 0 Å². The Balaban J connectivity index is 2.34. The summed E-state index contributed by atoms with van der Waals surface area (Å²) in [7, 11) is 0. The van der Waals surface area contributed by atoms with Crippen LogP contribution in [0.1, 0.15) is 12.0 Å². The fraction of sp³-hybridized carbons (Fsp3) is 0.273. The lowest BCUT2D eigenvalue weighted by molar-refractivity contribution is 0.723. The maximum Gasteiger partial charge on any atom is 0.0320 e. The second-order valence-electron chi connectivity index (χ2n) is 3.09. The van der Waals surface area contributed by atoms with Gasteiger partial charge in [-0.2, -0.15) is 0 Å². The Morgan fingerprint density at radius 2 is 2.08 bits per heavy atom. The van der Waals surface area contributed by atoms with Crippen LogP contribution < -0.4 is 5.32 Å². The quantitative estimate of drug-likeness (QED) is 0.713. The predicted molar refractivity (Wildman–Crippen MR) is 58.6 cm³/mol. The molecule has 0 atom stereocenters. The number of hydrogen-bond donors (Lipinski definition) is 0. The SMILES string of the molecule is Brc1ccccc1C1=CC[N]CC1. The zero-order valence-electron chi connectivity index (χ0n) is 7.33. The van der Waals surface area contributed by atoms with E-state index in [1.807, 2.05) is 6.07 Å². The minimum atomic E-state index is 0.872. The van der Waals surface area contributed by atoms with Crippen LogP contribution in [0.4, 0.5) is 0 Å². The molecule has 2 heteroatoms. The van der Waals surface area contributed by atoms with Gasteiger partial charge in [-0.1, -0.05) is 40.2 Å². The van der Waals surface area contributed by atoms with Crippen molar-refractivity contribution >= 4 is 21.5 Å². The van der Waals surface area contributed by atoms with Crippen molar-refractivity contribution in [1.82, 2.24) is 5.32 Å². The molecular weight excluding hydrogens is 226 g/mol. The Bertz CT molecular complexity index is 331. The minimum Gasteiger partial charge on any atom is -0.237 e. The third-order valence-corrected chi connectivity index (χ3v) is 2.92. The van der Waals surface area contributed by atoms with Gasteiger partial charge in [-0.05, 0) is 23.6 Å². The number of nitrogens with zero attached hydrogens (tertiary/aromatic N) is 1. The Morgan fingerprint density at radius 1 is 1.23 bits per heavy atom. The van der Waals surface area contributed by atoms with Crippen LogP contribution in [0.3, 0.4) is 0 Å². The fourth-order valence-corrected chi connectivity index (χ4v) is 2.07. The molecule has 0 fully saturated rings. The molecule has 1 nitrogen and oxygen atoms in total. The molecule has 1 aliphatic rings. The van der Waals surface area contributed by atoms with Crippen LogP contribution in [-0.2, 0) is 0 Å². The lowest BCUT2D eigenvalue weighted by Crippen LogP contribution is -2.12. The zero-order valence-corrected chi connectivity index (χ0v) is 8.92. The van der Waals surface area contributed by atoms with Gasteiger partial charge < -0.3 is 0 Å². The van der Waals surface area contributed by atoms with E-state index in [1.165, 1.54) is 15.6 Å². The standard InChI is InChI=1S/C11H11BrN/c12-11-4-2-1-3-10(11)9-5-7-13-8-6-9/h1-5H,6-8H2. The molecule has 0 unspecified atom stereocenters. The van der Waals surface area contributed by atoms with Crippen molar-refractivity contribution in [2.75, 3.05) is 13.1 Å². The summed E-state index contributed by atoms with van der Waals surface area (Å²) < 4.78 is 1.18. The number of hydrogen-bond acceptors (Lipinski definition) is 0. The van der Waals surface area contributed by atoms with Crippen LogP contribution in [0.15, 0.2) is 34.8 Å². The summed E-state index contributed by atoms with van der Waals surface area (Å²) in [6, 6.07) is 8.36. The first-order valence-corrected chi connectivity index (χ1v) is 5.24.